The van der Waals surface area contributed by atoms with E-state index >= 15 is 0 Å². The minimum atomic E-state index is -0.625. The molecule has 4 nitrogen and oxygen atoms in total. The normalized spacial score (nSPS) is 39.4. The highest BCUT2D eigenvalue weighted by molar-refractivity contribution is 5.49. The van der Waals surface area contributed by atoms with Crippen molar-refractivity contribution >= 4 is 0 Å². The van der Waals surface area contributed by atoms with Gasteiger partial charge in [-0.25, -0.2) is 0 Å². The molecule has 2 aliphatic heterocycles. The van der Waals surface area contributed by atoms with Crippen LogP contribution in [-0.4, -0.2) is 53.9 Å². The highest BCUT2D eigenvalue weighted by Crippen LogP contribution is 2.60. The molecule has 27 heavy (non-hydrogen) atoms. The van der Waals surface area contributed by atoms with Gasteiger partial charge >= 0.3 is 0 Å². The molecule has 1 aromatic carbocycles. The Bertz CT molecular complexity index is 772. The fraction of sp³-hybridized carbons (Fsp3) is 0.739. The molecule has 1 aromatic rings. The third kappa shape index (κ3) is 2.33. The molecule has 0 radical (unpaired) electrons. The van der Waals surface area contributed by atoms with Crippen LogP contribution in [0.1, 0.15) is 56.1 Å². The van der Waals surface area contributed by atoms with Gasteiger partial charge in [0.2, 0.25) is 0 Å². The number of piperidine rings is 1. The molecule has 0 amide bonds. The summed E-state index contributed by atoms with van der Waals surface area (Å²) in [6, 6.07) is 6.90. The van der Waals surface area contributed by atoms with E-state index in [2.05, 4.69) is 28.4 Å². The first kappa shape index (κ1) is 16.8. The molecule has 4 fully saturated rings. The van der Waals surface area contributed by atoms with Gasteiger partial charge in [-0.15, -0.1) is 0 Å². The van der Waals surface area contributed by atoms with Gasteiger partial charge < -0.3 is 15.2 Å². The van der Waals surface area contributed by atoms with E-state index in [1.165, 1.54) is 43.4 Å². The molecule has 5 aliphatic rings. The lowest BCUT2D eigenvalue weighted by atomic mass is 9.52. The Hall–Kier alpha value is -1.10. The molecule has 2 bridgehead atoms. The number of likely N-dealkylation sites (tertiary alicyclic amines) is 1. The third-order valence-electron chi connectivity index (χ3n) is 8.60. The van der Waals surface area contributed by atoms with E-state index in [1.807, 2.05) is 0 Å². The molecule has 3 atom stereocenters. The summed E-state index contributed by atoms with van der Waals surface area (Å²) in [6.45, 7) is 3.34. The summed E-state index contributed by atoms with van der Waals surface area (Å²) in [7, 11) is 1.75. The lowest BCUT2D eigenvalue weighted by Crippen LogP contribution is -2.72. The van der Waals surface area contributed by atoms with Crippen LogP contribution in [0, 0.1) is 5.92 Å². The number of nitrogens with one attached hydrogen (secondary N) is 1. The molecular formula is C23H32N2O2. The number of fused-ring (bicyclic) bond motifs is 1. The number of rotatable bonds is 3. The van der Waals surface area contributed by atoms with Gasteiger partial charge in [-0.05, 0) is 93.6 Å². The van der Waals surface area contributed by atoms with E-state index in [1.54, 1.807) is 7.11 Å². The minimum Gasteiger partial charge on any atom is -0.497 e. The van der Waals surface area contributed by atoms with Crippen LogP contribution >= 0.6 is 0 Å². The summed E-state index contributed by atoms with van der Waals surface area (Å²) < 4.78 is 5.59. The van der Waals surface area contributed by atoms with Gasteiger partial charge in [-0.2, -0.15) is 0 Å². The van der Waals surface area contributed by atoms with Crippen molar-refractivity contribution in [2.24, 2.45) is 5.92 Å². The summed E-state index contributed by atoms with van der Waals surface area (Å²) in [5, 5.41) is 16.3. The van der Waals surface area contributed by atoms with Gasteiger partial charge in [-0.1, -0.05) is 6.07 Å². The average molecular weight is 369 g/mol. The van der Waals surface area contributed by atoms with E-state index in [0.717, 1.165) is 50.4 Å². The first-order valence-corrected chi connectivity index (χ1v) is 11.0. The summed E-state index contributed by atoms with van der Waals surface area (Å²) in [4.78, 5) is 2.67. The second-order valence-electron chi connectivity index (χ2n) is 10.1. The topological polar surface area (TPSA) is 44.7 Å². The van der Waals surface area contributed by atoms with Crippen molar-refractivity contribution in [3.63, 3.8) is 0 Å². The maximum absolute atomic E-state index is 12.5. The van der Waals surface area contributed by atoms with Gasteiger partial charge in [0.1, 0.15) is 5.75 Å². The zero-order chi connectivity index (χ0) is 18.3. The second-order valence-corrected chi connectivity index (χ2v) is 10.1. The van der Waals surface area contributed by atoms with Crippen molar-refractivity contribution in [3.05, 3.63) is 29.3 Å². The van der Waals surface area contributed by atoms with E-state index in [9.17, 15) is 5.11 Å². The monoisotopic (exact) mass is 368 g/mol. The molecule has 3 unspecified atom stereocenters. The molecular weight excluding hydrogens is 336 g/mol. The molecule has 2 saturated carbocycles. The average Bonchev–Trinajstić information content (AvgIpc) is 3.57. The van der Waals surface area contributed by atoms with Gasteiger partial charge in [0.05, 0.1) is 12.7 Å². The van der Waals surface area contributed by atoms with E-state index in [4.69, 9.17) is 4.74 Å². The summed E-state index contributed by atoms with van der Waals surface area (Å²) in [6.07, 6.45) is 9.24. The van der Waals surface area contributed by atoms with E-state index < -0.39 is 5.60 Å². The number of aliphatic hydroxyl groups is 1. The zero-order valence-electron chi connectivity index (χ0n) is 16.5. The van der Waals surface area contributed by atoms with Crippen molar-refractivity contribution in [2.45, 2.75) is 74.0 Å². The number of nitrogens with zero attached hydrogens (tertiary/aromatic N) is 1. The van der Waals surface area contributed by atoms with E-state index in [0.29, 0.717) is 0 Å². The number of hydrogen-bond donors (Lipinski definition) is 2. The second kappa shape index (κ2) is 5.49. The first-order valence-electron chi connectivity index (χ1n) is 11.0. The summed E-state index contributed by atoms with van der Waals surface area (Å²) in [5.41, 5.74) is 2.27. The van der Waals surface area contributed by atoms with Crippen LogP contribution in [-0.2, 0) is 11.8 Å². The molecule has 6 rings (SSSR count). The van der Waals surface area contributed by atoms with E-state index in [-0.39, 0.29) is 17.0 Å². The van der Waals surface area contributed by atoms with Crippen molar-refractivity contribution < 1.29 is 9.84 Å². The number of methoxy groups -OCH3 is 1. The number of benzene rings is 1. The van der Waals surface area contributed by atoms with Gasteiger partial charge in [0.15, 0.2) is 0 Å². The quantitative estimate of drug-likeness (QED) is 0.861. The predicted molar refractivity (Wildman–Crippen MR) is 105 cm³/mol. The van der Waals surface area contributed by atoms with Crippen LogP contribution in [0.3, 0.4) is 0 Å². The highest BCUT2D eigenvalue weighted by atomic mass is 16.5. The lowest BCUT2D eigenvalue weighted by Gasteiger charge is -2.62. The highest BCUT2D eigenvalue weighted by Gasteiger charge is 2.67. The van der Waals surface area contributed by atoms with Gasteiger partial charge in [0.25, 0.3) is 0 Å². The molecule has 2 heterocycles. The Morgan fingerprint density at radius 2 is 2.07 bits per heavy atom. The summed E-state index contributed by atoms with van der Waals surface area (Å²) >= 11 is 0. The van der Waals surface area contributed by atoms with Gasteiger partial charge in [0, 0.05) is 23.5 Å². The van der Waals surface area contributed by atoms with Crippen LogP contribution in [0.2, 0.25) is 0 Å². The Labute approximate surface area is 162 Å². The predicted octanol–water partition coefficient (Wildman–Crippen LogP) is 2.62. The SMILES string of the molecule is COc1ccc2c(c1)C13CCNC4(CC4)CC1(O)C(C2)N(CC1CC1)CC3. The maximum atomic E-state index is 12.5. The van der Waals surface area contributed by atoms with Gasteiger partial charge in [-0.3, -0.25) is 4.90 Å². The Morgan fingerprint density at radius 1 is 1.22 bits per heavy atom. The van der Waals surface area contributed by atoms with Crippen LogP contribution in [0.15, 0.2) is 18.2 Å². The molecule has 146 valence electrons. The van der Waals surface area contributed by atoms with Crippen molar-refractivity contribution in [3.8, 4) is 5.75 Å². The standard InChI is InChI=1S/C23H32N2O2/c1-27-18-5-4-17-12-20-23(26)15-21(6-7-21)24-10-8-22(23,19(17)13-18)9-11-25(20)14-16-2-3-16/h4-5,13,16,20,24,26H,2-3,6-12,14-15H2,1H3. The maximum Gasteiger partial charge on any atom is 0.119 e. The van der Waals surface area contributed by atoms with Crippen molar-refractivity contribution in [1.29, 1.82) is 0 Å². The van der Waals surface area contributed by atoms with Crippen LogP contribution < -0.4 is 10.1 Å². The van der Waals surface area contributed by atoms with Crippen LogP contribution in [0.4, 0.5) is 0 Å². The van der Waals surface area contributed by atoms with Crippen molar-refractivity contribution in [2.75, 3.05) is 26.7 Å². The molecule has 0 aromatic heterocycles. The minimum absolute atomic E-state index is 0.126. The molecule has 2 N–H and O–H groups in total. The third-order valence-corrected chi connectivity index (χ3v) is 8.60. The molecule has 1 spiro atoms. The first-order chi connectivity index (χ1) is 13.1. The smallest absolute Gasteiger partial charge is 0.119 e. The Morgan fingerprint density at radius 3 is 2.81 bits per heavy atom. The fourth-order valence-electron chi connectivity index (χ4n) is 6.75. The Kier molecular flexibility index (Phi) is 3.42. The Balaban J connectivity index is 1.50. The lowest BCUT2D eigenvalue weighted by molar-refractivity contribution is -0.153. The van der Waals surface area contributed by atoms with Crippen molar-refractivity contribution in [1.82, 2.24) is 10.2 Å². The fourth-order valence-corrected chi connectivity index (χ4v) is 6.75. The molecule has 4 heteroatoms. The molecule has 3 aliphatic carbocycles. The zero-order valence-corrected chi connectivity index (χ0v) is 16.5. The summed E-state index contributed by atoms with van der Waals surface area (Å²) in [5.74, 6) is 1.81. The van der Waals surface area contributed by atoms with Crippen LogP contribution in [0.5, 0.6) is 5.75 Å². The molecule has 2 saturated heterocycles. The largest absolute Gasteiger partial charge is 0.497 e. The number of ether oxygens (including phenoxy) is 1. The number of hydrogen-bond acceptors (Lipinski definition) is 4. The van der Waals surface area contributed by atoms with Crippen LogP contribution in [0.25, 0.3) is 0 Å².